The normalized spacial score (nSPS) is 15.5. The van der Waals surface area contributed by atoms with E-state index in [2.05, 4.69) is 95.7 Å². The van der Waals surface area contributed by atoms with Crippen LogP contribution in [0.15, 0.2) is 30.3 Å². The zero-order valence-corrected chi connectivity index (χ0v) is 85.5. The van der Waals surface area contributed by atoms with Crippen LogP contribution in [-0.4, -0.2) is 270 Å². The maximum atomic E-state index is 14.6. The van der Waals surface area contributed by atoms with Gasteiger partial charge in [0.05, 0.1) is 25.2 Å². The van der Waals surface area contributed by atoms with Crippen LogP contribution in [0.5, 0.6) is 0 Å². The molecule has 46 nitrogen and oxygen atoms in total. The van der Waals surface area contributed by atoms with E-state index in [-0.39, 0.29) is 57.4 Å². The maximum Gasteiger partial charge on any atom is 0.248 e. The molecule has 0 bridgehead atoms. The van der Waals surface area contributed by atoms with Crippen LogP contribution in [0.25, 0.3) is 0 Å². The topological polar surface area (TPSA) is 711 Å². The van der Waals surface area contributed by atoms with Gasteiger partial charge in [0.15, 0.2) is 5.78 Å². The first-order valence-electron chi connectivity index (χ1n) is 46.5. The lowest BCUT2D eigenvalue weighted by Gasteiger charge is -2.36. The van der Waals surface area contributed by atoms with Gasteiger partial charge in [-0.2, -0.15) is 0 Å². The highest BCUT2D eigenvalue weighted by atomic mass is 16.3. The minimum atomic E-state index is -1.92. The van der Waals surface area contributed by atoms with Crippen molar-refractivity contribution in [3.63, 3.8) is 0 Å². The minimum absolute atomic E-state index is 0.00756. The molecule has 2 rings (SSSR count). The molecule has 1 aromatic rings. The first kappa shape index (κ1) is 122. The van der Waals surface area contributed by atoms with Crippen molar-refractivity contribution in [3.05, 3.63) is 35.9 Å². The average molecular weight is 1960 g/mol. The number of nitrogens with two attached hydrogens (primary N) is 3. The molecule has 1 aromatic carbocycles. The number of rotatable bonds is 56. The molecule has 1 saturated heterocycles. The van der Waals surface area contributed by atoms with E-state index in [9.17, 15) is 115 Å². The second-order valence-corrected chi connectivity index (χ2v) is 41.1. The Balaban J connectivity index is 2.20. The summed E-state index contributed by atoms with van der Waals surface area (Å²) in [5.74, 6) is -22.1. The fraction of sp³-hybridized carbons (Fsp3) is 0.688. The Morgan fingerprint density at radius 1 is 0.410 bits per heavy atom. The Kier molecular flexibility index (Phi) is 45.5. The Labute approximate surface area is 812 Å². The number of aliphatic hydroxyl groups is 1. The monoisotopic (exact) mass is 1960 g/mol. The van der Waals surface area contributed by atoms with Crippen LogP contribution in [0.2, 0.25) is 0 Å². The minimum Gasteiger partial charge on any atom is -0.394 e. The van der Waals surface area contributed by atoms with Gasteiger partial charge in [0.2, 0.25) is 130 Å². The number of nitrogens with one attached hydrogen (secondary N) is 18. The van der Waals surface area contributed by atoms with Gasteiger partial charge < -0.3 is 123 Å². The number of carbonyl (C=O) groups excluding carboxylic acids is 23. The molecule has 0 aromatic heterocycles. The molecule has 780 valence electrons. The van der Waals surface area contributed by atoms with Crippen molar-refractivity contribution in [2.45, 2.75) is 368 Å². The van der Waals surface area contributed by atoms with Gasteiger partial charge in [-0.25, -0.2) is 0 Å². The summed E-state index contributed by atoms with van der Waals surface area (Å²) in [5.41, 5.74) is 1.19. The predicted molar refractivity (Wildman–Crippen MR) is 510 cm³/mol. The fourth-order valence-electron chi connectivity index (χ4n) is 14.2. The van der Waals surface area contributed by atoms with Gasteiger partial charge in [-0.15, -0.1) is 0 Å². The number of hydrogen-bond donors (Lipinski definition) is 22. The van der Waals surface area contributed by atoms with Crippen LogP contribution in [-0.2, 0) is 117 Å². The number of aliphatic hydroxyl groups excluding tert-OH is 1. The van der Waals surface area contributed by atoms with E-state index in [4.69, 9.17) is 17.2 Å². The maximum absolute atomic E-state index is 14.6. The van der Waals surface area contributed by atoms with Gasteiger partial charge in [0, 0.05) is 45.1 Å². The Morgan fingerprint density at radius 3 is 1.27 bits per heavy atom. The van der Waals surface area contributed by atoms with Crippen molar-refractivity contribution in [1.29, 1.82) is 0 Å². The lowest BCUT2D eigenvalue weighted by atomic mass is 9.90. The Morgan fingerprint density at radius 2 is 0.806 bits per heavy atom. The molecule has 0 saturated carbocycles. The number of nitrogens with zero attached hydrogens (tertiary/aromatic N) is 1. The van der Waals surface area contributed by atoms with Crippen molar-refractivity contribution >= 4 is 136 Å². The number of hydrogen-bond acceptors (Lipinski definition) is 24. The largest absolute Gasteiger partial charge is 0.394 e. The first-order chi connectivity index (χ1) is 63.6. The molecule has 139 heavy (non-hydrogen) atoms. The van der Waals surface area contributed by atoms with E-state index in [0.29, 0.717) is 6.42 Å². The zero-order chi connectivity index (χ0) is 107. The smallest absolute Gasteiger partial charge is 0.248 e. The highest BCUT2D eigenvalue weighted by molar-refractivity contribution is 6.05. The van der Waals surface area contributed by atoms with Crippen LogP contribution in [0, 0.1) is 23.7 Å². The highest BCUT2D eigenvalue weighted by Gasteiger charge is 2.49. The van der Waals surface area contributed by atoms with E-state index in [1.165, 1.54) is 143 Å². The van der Waals surface area contributed by atoms with E-state index < -0.39 is 297 Å². The summed E-state index contributed by atoms with van der Waals surface area (Å²) < 4.78 is 0. The molecule has 0 aliphatic carbocycles. The van der Waals surface area contributed by atoms with E-state index in [1.807, 2.05) is 0 Å². The Bertz CT molecular complexity index is 4680. The molecule has 25 N–H and O–H groups in total. The molecule has 0 unspecified atom stereocenters. The van der Waals surface area contributed by atoms with Gasteiger partial charge in [0.25, 0.3) is 0 Å². The third-order valence-electron chi connectivity index (χ3n) is 23.3. The summed E-state index contributed by atoms with van der Waals surface area (Å²) in [6, 6.07) is -2.75. The number of Topliss-reactive ketones (excluding diaryl/α,β-unsaturated/α-hetero) is 1. The van der Waals surface area contributed by atoms with Crippen molar-refractivity contribution in [1.82, 2.24) is 101 Å². The van der Waals surface area contributed by atoms with Crippen LogP contribution in [0.1, 0.15) is 263 Å². The summed E-state index contributed by atoms with van der Waals surface area (Å²) in [5, 5.41) is 56.2. The second kappa shape index (κ2) is 51.7. The average Bonchev–Trinajstić information content (AvgIpc) is 1.76. The summed E-state index contributed by atoms with van der Waals surface area (Å²) in [4.78, 5) is 314. The SMILES string of the molecule is CC[C@@](C)(NC(=O)C(C)(C)NC(=O)[C@H](NC(=O)[C@H]1CCCN1C(=O)C(C)(C)NC(=O)[C@H](CC(C)C)NC(=O)CNC(=O)C(C)(C)NC(=O)[C@@H](NC(=O)C(C)(C)NC(=O)[C@H](CCC(N)=O)NC(=O)C(C)(C)NC(=O)C(C)(C)NC(=O)[C@H](C)NC(=O)C(C)(C)NC(=O)[C@H](C)NC(=O)C(C)(C)NC(C)=O)C(C)C)C(C)C)C(=O)N[C@@H](CCC(N)=O)C(=O)C[C@@H](CCC(N)=O)C(=O)N[C@@H](CO)Cc1ccccc1. The summed E-state index contributed by atoms with van der Waals surface area (Å²) in [6.45, 7) is 36.5. The van der Waals surface area contributed by atoms with Crippen LogP contribution in [0.4, 0.5) is 0 Å². The number of benzene rings is 1. The van der Waals surface area contributed by atoms with Gasteiger partial charge in [-0.3, -0.25) is 110 Å². The van der Waals surface area contributed by atoms with E-state index in [1.54, 1.807) is 78.8 Å². The number of carbonyl (C=O) groups is 23. The van der Waals surface area contributed by atoms with Gasteiger partial charge in [-0.1, -0.05) is 78.8 Å². The molecule has 11 atom stereocenters. The third kappa shape index (κ3) is 38.8. The number of ketones is 1. The third-order valence-corrected chi connectivity index (χ3v) is 23.3. The van der Waals surface area contributed by atoms with Crippen molar-refractivity contribution in [2.24, 2.45) is 40.9 Å². The zero-order valence-electron chi connectivity index (χ0n) is 85.5. The molecule has 1 aliphatic rings. The highest BCUT2D eigenvalue weighted by Crippen LogP contribution is 2.26. The predicted octanol–water partition coefficient (Wildman–Crippen LogP) is -3.56. The lowest BCUT2D eigenvalue weighted by Crippen LogP contribution is -2.67. The van der Waals surface area contributed by atoms with Crippen molar-refractivity contribution in [3.8, 4) is 0 Å². The second-order valence-electron chi connectivity index (χ2n) is 41.1. The van der Waals surface area contributed by atoms with Crippen molar-refractivity contribution in [2.75, 3.05) is 19.7 Å². The molecule has 1 aliphatic heterocycles. The summed E-state index contributed by atoms with van der Waals surface area (Å²) >= 11 is 0. The molecule has 1 fully saturated rings. The molecule has 46 heteroatoms. The molecule has 0 spiro atoms. The van der Waals surface area contributed by atoms with E-state index in [0.717, 1.165) is 5.56 Å². The number of likely N-dealkylation sites (tertiary alicyclic amines) is 1. The van der Waals surface area contributed by atoms with Crippen LogP contribution < -0.4 is 113 Å². The molecular formula is C93H154N22O24. The standard InChI is InChI=1S/C93H154N22O24/c1-28-93(27,83(138)102-57(37-40-63(95)120)61(118)45-55(36-39-62(94)119)70(125)100-56(47-116)44-54-33-30-29-31-34-54)114-82(137)91(23,24)112-74(129)66(49(4)5)104-73(128)60-35-32-42-115(60)84(139)92(25,26)110-72(127)59(43-48(2)3)101-65(122)46-97-76(131)85(11,12)111-75(130)67(50(6)7)105-80(135)88(17,18)109-71(126)58(38-41-64(96)121)103-79(134)89(19,20)113-81(136)90(21,22)108-69(124)52(9)99-78(133)87(15,16)107-68(123)51(8)98-77(132)86(13,14)106-53(10)117/h29-31,33-34,48-52,55-60,66-67,116H,28,32,35-47H2,1-27H3,(H2,94,119)(H2,95,120)(H2,96,121)(H,97,131)(H,98,132)(H,99,133)(H,100,125)(H,101,122)(H,102,138)(H,103,134)(H,104,128)(H,105,135)(H,106,117)(H,107,123)(H,108,124)(H,109,126)(H,110,127)(H,111,130)(H,112,129)(H,113,136)(H,114,137)/t51-,52-,55+,56+,57-,58-,59-,60+,66+,67-,93+/m0/s1. The fourth-order valence-corrected chi connectivity index (χ4v) is 14.2. The summed E-state index contributed by atoms with van der Waals surface area (Å²) in [6.07, 6.45) is -2.15. The van der Waals surface area contributed by atoms with Crippen LogP contribution >= 0.6 is 0 Å². The molecule has 22 amide bonds. The van der Waals surface area contributed by atoms with Gasteiger partial charge >= 0.3 is 0 Å². The van der Waals surface area contributed by atoms with Crippen molar-refractivity contribution < 1.29 is 115 Å². The molecule has 0 radical (unpaired) electrons. The Hall–Kier alpha value is -12.8. The molecule has 1 heterocycles. The van der Waals surface area contributed by atoms with Gasteiger partial charge in [0.1, 0.15) is 92.1 Å². The quantitative estimate of drug-likeness (QED) is 0.0300. The molecular weight excluding hydrogens is 1810 g/mol. The number of primary amides is 3. The van der Waals surface area contributed by atoms with E-state index >= 15 is 0 Å². The lowest BCUT2D eigenvalue weighted by molar-refractivity contribution is -0.146. The summed E-state index contributed by atoms with van der Waals surface area (Å²) in [7, 11) is 0. The number of amides is 22. The van der Waals surface area contributed by atoms with Gasteiger partial charge in [-0.05, 0) is 206 Å². The first-order valence-corrected chi connectivity index (χ1v) is 46.5. The van der Waals surface area contributed by atoms with Crippen LogP contribution in [0.3, 0.4) is 0 Å².